The van der Waals surface area contributed by atoms with E-state index in [1.165, 1.54) is 6.92 Å². The molecule has 0 saturated carbocycles. The molecule has 1 aromatic rings. The maximum Gasteiger partial charge on any atom is 0.226 e. The van der Waals surface area contributed by atoms with E-state index in [2.05, 4.69) is 5.32 Å². The summed E-state index contributed by atoms with van der Waals surface area (Å²) in [6.07, 6.45) is 0.170. The standard InChI is InChI=1S/C15H19N3O3/c1-12(19)18(9-10-21-2)8-7-15(20)17-14-6-4-3-5-13(14)11-16/h3-6H,7-10H2,1-2H3,(H,17,20). The predicted molar refractivity (Wildman–Crippen MR) is 78.5 cm³/mol. The molecule has 6 nitrogen and oxygen atoms in total. The van der Waals surface area contributed by atoms with Crippen molar-refractivity contribution >= 4 is 17.5 Å². The predicted octanol–water partition coefficient (Wildman–Crippen LogP) is 1.38. The van der Waals surface area contributed by atoms with Crippen molar-refractivity contribution in [2.24, 2.45) is 0 Å². The fourth-order valence-electron chi connectivity index (χ4n) is 1.77. The number of nitrogens with zero attached hydrogens (tertiary/aromatic N) is 2. The van der Waals surface area contributed by atoms with Crippen LogP contribution in [0.15, 0.2) is 24.3 Å². The first-order valence-electron chi connectivity index (χ1n) is 6.62. The van der Waals surface area contributed by atoms with Gasteiger partial charge in [-0.05, 0) is 12.1 Å². The van der Waals surface area contributed by atoms with Crippen LogP contribution in [-0.2, 0) is 14.3 Å². The fraction of sp³-hybridized carbons (Fsp3) is 0.400. The van der Waals surface area contributed by atoms with Crippen LogP contribution in [0, 0.1) is 11.3 Å². The number of amides is 2. The van der Waals surface area contributed by atoms with Gasteiger partial charge in [-0.3, -0.25) is 9.59 Å². The molecule has 0 unspecified atom stereocenters. The molecule has 0 aliphatic carbocycles. The van der Waals surface area contributed by atoms with Gasteiger partial charge >= 0.3 is 0 Å². The molecule has 1 rings (SSSR count). The Morgan fingerprint density at radius 2 is 2.05 bits per heavy atom. The van der Waals surface area contributed by atoms with Crippen LogP contribution in [0.5, 0.6) is 0 Å². The third kappa shape index (κ3) is 5.63. The Bertz CT molecular complexity index is 537. The van der Waals surface area contributed by atoms with Crippen molar-refractivity contribution in [3.63, 3.8) is 0 Å². The van der Waals surface area contributed by atoms with Gasteiger partial charge < -0.3 is 15.0 Å². The lowest BCUT2D eigenvalue weighted by Crippen LogP contribution is -2.34. The number of rotatable bonds is 7. The highest BCUT2D eigenvalue weighted by atomic mass is 16.5. The first-order valence-corrected chi connectivity index (χ1v) is 6.62. The van der Waals surface area contributed by atoms with Crippen molar-refractivity contribution in [2.75, 3.05) is 32.1 Å². The minimum atomic E-state index is -0.235. The molecule has 0 heterocycles. The number of ether oxygens (including phenoxy) is 1. The lowest BCUT2D eigenvalue weighted by Gasteiger charge is -2.20. The molecule has 0 aromatic heterocycles. The zero-order valence-corrected chi connectivity index (χ0v) is 12.3. The van der Waals surface area contributed by atoms with E-state index in [1.807, 2.05) is 6.07 Å². The molecule has 0 fully saturated rings. The summed E-state index contributed by atoms with van der Waals surface area (Å²) >= 11 is 0. The summed E-state index contributed by atoms with van der Waals surface area (Å²) in [6, 6.07) is 8.80. The molecule has 21 heavy (non-hydrogen) atoms. The molecular formula is C15H19N3O3. The Balaban J connectivity index is 2.53. The average molecular weight is 289 g/mol. The van der Waals surface area contributed by atoms with E-state index < -0.39 is 0 Å². The number of anilines is 1. The molecule has 0 spiro atoms. The van der Waals surface area contributed by atoms with Gasteiger partial charge in [0.1, 0.15) is 6.07 Å². The Hall–Kier alpha value is -2.39. The molecular weight excluding hydrogens is 270 g/mol. The monoisotopic (exact) mass is 289 g/mol. The van der Waals surface area contributed by atoms with Gasteiger partial charge in [-0.1, -0.05) is 12.1 Å². The summed E-state index contributed by atoms with van der Waals surface area (Å²) in [7, 11) is 1.56. The highest BCUT2D eigenvalue weighted by molar-refractivity contribution is 5.92. The molecule has 112 valence electrons. The van der Waals surface area contributed by atoms with E-state index in [0.717, 1.165) is 0 Å². The van der Waals surface area contributed by atoms with E-state index in [4.69, 9.17) is 10.00 Å². The third-order valence-electron chi connectivity index (χ3n) is 2.94. The molecule has 2 amide bonds. The van der Waals surface area contributed by atoms with Crippen molar-refractivity contribution < 1.29 is 14.3 Å². The number of hydrogen-bond donors (Lipinski definition) is 1. The second kappa shape index (κ2) is 8.72. The first kappa shape index (κ1) is 16.7. The van der Waals surface area contributed by atoms with Crippen molar-refractivity contribution in [3.05, 3.63) is 29.8 Å². The van der Waals surface area contributed by atoms with Crippen LogP contribution in [0.4, 0.5) is 5.69 Å². The summed E-state index contributed by atoms with van der Waals surface area (Å²) in [5.41, 5.74) is 0.893. The number of nitriles is 1. The highest BCUT2D eigenvalue weighted by Gasteiger charge is 2.12. The van der Waals surface area contributed by atoms with Crippen molar-refractivity contribution in [1.82, 2.24) is 4.90 Å². The van der Waals surface area contributed by atoms with Gasteiger partial charge in [-0.15, -0.1) is 0 Å². The van der Waals surface area contributed by atoms with Gasteiger partial charge in [-0.25, -0.2) is 0 Å². The second-order valence-corrected chi connectivity index (χ2v) is 4.45. The molecule has 0 aliphatic heterocycles. The Kier molecular flexibility index (Phi) is 6.92. The summed E-state index contributed by atoms with van der Waals surface area (Å²) in [5, 5.41) is 11.6. The number of methoxy groups -OCH3 is 1. The zero-order valence-electron chi connectivity index (χ0n) is 12.3. The lowest BCUT2D eigenvalue weighted by molar-refractivity contribution is -0.130. The van der Waals surface area contributed by atoms with E-state index in [-0.39, 0.29) is 18.2 Å². The van der Waals surface area contributed by atoms with Gasteiger partial charge in [0.25, 0.3) is 0 Å². The van der Waals surface area contributed by atoms with Crippen LogP contribution in [0.3, 0.4) is 0 Å². The van der Waals surface area contributed by atoms with Gasteiger partial charge in [0.2, 0.25) is 11.8 Å². The van der Waals surface area contributed by atoms with Gasteiger partial charge in [-0.2, -0.15) is 5.26 Å². The molecule has 0 bridgehead atoms. The Labute approximate surface area is 124 Å². The van der Waals surface area contributed by atoms with E-state index in [0.29, 0.717) is 30.9 Å². The maximum absolute atomic E-state index is 11.9. The van der Waals surface area contributed by atoms with Crippen LogP contribution in [0.2, 0.25) is 0 Å². The third-order valence-corrected chi connectivity index (χ3v) is 2.94. The van der Waals surface area contributed by atoms with E-state index in [9.17, 15) is 9.59 Å². The van der Waals surface area contributed by atoms with E-state index >= 15 is 0 Å². The van der Waals surface area contributed by atoms with Crippen LogP contribution in [0.25, 0.3) is 0 Å². The molecule has 0 atom stereocenters. The van der Waals surface area contributed by atoms with Crippen LogP contribution < -0.4 is 5.32 Å². The second-order valence-electron chi connectivity index (χ2n) is 4.45. The first-order chi connectivity index (χ1) is 10.1. The summed E-state index contributed by atoms with van der Waals surface area (Å²) in [4.78, 5) is 24.9. The van der Waals surface area contributed by atoms with Crippen molar-refractivity contribution in [2.45, 2.75) is 13.3 Å². The summed E-state index contributed by atoms with van der Waals surface area (Å²) in [6.45, 7) is 2.66. The molecule has 1 N–H and O–H groups in total. The van der Waals surface area contributed by atoms with Crippen molar-refractivity contribution in [1.29, 1.82) is 5.26 Å². The number of nitrogens with one attached hydrogen (secondary N) is 1. The van der Waals surface area contributed by atoms with Crippen LogP contribution in [-0.4, -0.2) is 43.5 Å². The van der Waals surface area contributed by atoms with Gasteiger partial charge in [0.15, 0.2) is 0 Å². The number of hydrogen-bond acceptors (Lipinski definition) is 4. The number of carbonyl (C=O) groups excluding carboxylic acids is 2. The van der Waals surface area contributed by atoms with Gasteiger partial charge in [0, 0.05) is 33.5 Å². The summed E-state index contributed by atoms with van der Waals surface area (Å²) < 4.78 is 4.92. The number of carbonyl (C=O) groups is 2. The summed E-state index contributed by atoms with van der Waals surface area (Å²) in [5.74, 6) is -0.335. The van der Waals surface area contributed by atoms with Crippen LogP contribution in [0.1, 0.15) is 18.9 Å². The maximum atomic E-state index is 11.9. The van der Waals surface area contributed by atoms with Crippen molar-refractivity contribution in [3.8, 4) is 6.07 Å². The minimum absolute atomic E-state index is 0.0997. The number of benzene rings is 1. The average Bonchev–Trinajstić information content (AvgIpc) is 2.47. The smallest absolute Gasteiger partial charge is 0.226 e. The largest absolute Gasteiger partial charge is 0.383 e. The molecule has 0 aliphatic rings. The SMILES string of the molecule is COCCN(CCC(=O)Nc1ccccc1C#N)C(C)=O. The zero-order chi connectivity index (χ0) is 15.7. The molecule has 6 heteroatoms. The lowest BCUT2D eigenvalue weighted by atomic mass is 10.2. The van der Waals surface area contributed by atoms with Crippen LogP contribution >= 0.6 is 0 Å². The minimum Gasteiger partial charge on any atom is -0.383 e. The molecule has 0 radical (unpaired) electrons. The fourth-order valence-corrected chi connectivity index (χ4v) is 1.77. The Morgan fingerprint density at radius 3 is 2.67 bits per heavy atom. The molecule has 0 saturated heterocycles. The normalized spacial score (nSPS) is 9.76. The van der Waals surface area contributed by atoms with E-state index in [1.54, 1.807) is 36.3 Å². The topological polar surface area (TPSA) is 82.4 Å². The quantitative estimate of drug-likeness (QED) is 0.822. The molecule has 1 aromatic carbocycles. The van der Waals surface area contributed by atoms with Gasteiger partial charge in [0.05, 0.1) is 17.9 Å². The Morgan fingerprint density at radius 1 is 1.33 bits per heavy atom. The number of para-hydroxylation sites is 1. The highest BCUT2D eigenvalue weighted by Crippen LogP contribution is 2.13.